The van der Waals surface area contributed by atoms with Crippen molar-refractivity contribution in [2.45, 2.75) is 13.5 Å². The fourth-order valence-electron chi connectivity index (χ4n) is 2.78. The van der Waals surface area contributed by atoms with Crippen molar-refractivity contribution in [2.75, 3.05) is 13.2 Å². The highest BCUT2D eigenvalue weighted by molar-refractivity contribution is 6.01. The van der Waals surface area contributed by atoms with Gasteiger partial charge < -0.3 is 15.4 Å². The summed E-state index contributed by atoms with van der Waals surface area (Å²) in [4.78, 5) is 24.5. The van der Waals surface area contributed by atoms with Crippen molar-refractivity contribution in [3.05, 3.63) is 77.9 Å². The average molecular weight is 362 g/mol. The third kappa shape index (κ3) is 4.85. The lowest BCUT2D eigenvalue weighted by Gasteiger charge is -2.13. The van der Waals surface area contributed by atoms with E-state index in [0.717, 1.165) is 16.3 Å². The first kappa shape index (κ1) is 18.5. The summed E-state index contributed by atoms with van der Waals surface area (Å²) in [6, 6.07) is 21.0. The number of nitrogens with one attached hydrogen (secondary N) is 2. The molecule has 3 rings (SSSR count). The van der Waals surface area contributed by atoms with Gasteiger partial charge in [0.2, 0.25) is 0 Å². The van der Waals surface area contributed by atoms with E-state index < -0.39 is 0 Å². The van der Waals surface area contributed by atoms with Crippen LogP contribution in [0.25, 0.3) is 10.8 Å². The molecule has 5 nitrogen and oxygen atoms in total. The van der Waals surface area contributed by atoms with Crippen molar-refractivity contribution in [1.29, 1.82) is 0 Å². The van der Waals surface area contributed by atoms with Crippen LogP contribution in [0.15, 0.2) is 66.7 Å². The lowest BCUT2D eigenvalue weighted by molar-refractivity contribution is -0.122. The number of rotatable bonds is 7. The van der Waals surface area contributed by atoms with Gasteiger partial charge in [0.05, 0.1) is 5.56 Å². The van der Waals surface area contributed by atoms with Gasteiger partial charge in [0.25, 0.3) is 11.8 Å². The number of hydrogen-bond donors (Lipinski definition) is 2. The van der Waals surface area contributed by atoms with Gasteiger partial charge in [-0.15, -0.1) is 0 Å². The van der Waals surface area contributed by atoms with Crippen LogP contribution in [-0.4, -0.2) is 25.0 Å². The third-order valence-corrected chi connectivity index (χ3v) is 4.12. The average Bonchev–Trinajstić information content (AvgIpc) is 2.70. The van der Waals surface area contributed by atoms with Gasteiger partial charge in [0, 0.05) is 13.1 Å². The minimum absolute atomic E-state index is 0.134. The summed E-state index contributed by atoms with van der Waals surface area (Å²) in [6.07, 6.45) is 0. The fraction of sp³-hybridized carbons (Fsp3) is 0.182. The molecule has 0 bridgehead atoms. The standard InChI is InChI=1S/C22H22N2O3/c1-2-23-21(25)15-27-20-13-18-11-7-6-10-17(18)12-19(20)22(26)24-14-16-8-4-3-5-9-16/h3-13H,2,14-15H2,1H3,(H,23,25)(H,24,26). The van der Waals surface area contributed by atoms with Crippen LogP contribution in [0.5, 0.6) is 5.75 Å². The SMILES string of the molecule is CCNC(=O)COc1cc2ccccc2cc1C(=O)NCc1ccccc1. The highest BCUT2D eigenvalue weighted by Gasteiger charge is 2.15. The molecule has 27 heavy (non-hydrogen) atoms. The molecule has 0 aliphatic heterocycles. The van der Waals surface area contributed by atoms with Gasteiger partial charge in [-0.05, 0) is 35.4 Å². The molecule has 0 saturated carbocycles. The van der Waals surface area contributed by atoms with Crippen LogP contribution >= 0.6 is 0 Å². The summed E-state index contributed by atoms with van der Waals surface area (Å²) in [5.74, 6) is -0.0673. The Kier molecular flexibility index (Phi) is 6.05. The number of benzene rings is 3. The van der Waals surface area contributed by atoms with Gasteiger partial charge in [-0.1, -0.05) is 54.6 Å². The first-order valence-corrected chi connectivity index (χ1v) is 8.92. The first-order chi connectivity index (χ1) is 13.2. The van der Waals surface area contributed by atoms with E-state index in [-0.39, 0.29) is 18.4 Å². The molecule has 0 fully saturated rings. The summed E-state index contributed by atoms with van der Waals surface area (Å²) >= 11 is 0. The molecule has 2 N–H and O–H groups in total. The molecule has 0 atom stereocenters. The lowest BCUT2D eigenvalue weighted by Crippen LogP contribution is -2.29. The maximum Gasteiger partial charge on any atom is 0.257 e. The predicted molar refractivity (Wildman–Crippen MR) is 106 cm³/mol. The number of likely N-dealkylation sites (N-methyl/N-ethyl adjacent to an activating group) is 1. The smallest absolute Gasteiger partial charge is 0.257 e. The van der Waals surface area contributed by atoms with E-state index in [1.807, 2.05) is 61.5 Å². The minimum atomic E-state index is -0.240. The summed E-state index contributed by atoms with van der Waals surface area (Å²) in [6.45, 7) is 2.66. The molecule has 0 heterocycles. The van der Waals surface area contributed by atoms with Crippen molar-refractivity contribution >= 4 is 22.6 Å². The van der Waals surface area contributed by atoms with Crippen LogP contribution in [-0.2, 0) is 11.3 Å². The molecular weight excluding hydrogens is 340 g/mol. The second-order valence-corrected chi connectivity index (χ2v) is 6.11. The predicted octanol–water partition coefficient (Wildman–Crippen LogP) is 3.28. The number of hydrogen-bond acceptors (Lipinski definition) is 3. The topological polar surface area (TPSA) is 67.4 Å². The molecule has 0 saturated heterocycles. The van der Waals surface area contributed by atoms with Gasteiger partial charge in [-0.3, -0.25) is 9.59 Å². The van der Waals surface area contributed by atoms with Gasteiger partial charge in [0.15, 0.2) is 6.61 Å². The van der Waals surface area contributed by atoms with Gasteiger partial charge in [-0.25, -0.2) is 0 Å². The molecule has 0 aliphatic carbocycles. The molecule has 138 valence electrons. The van der Waals surface area contributed by atoms with E-state index in [1.165, 1.54) is 0 Å². The van der Waals surface area contributed by atoms with Crippen molar-refractivity contribution in [2.24, 2.45) is 0 Å². The van der Waals surface area contributed by atoms with E-state index in [9.17, 15) is 9.59 Å². The van der Waals surface area contributed by atoms with Crippen LogP contribution in [0.4, 0.5) is 0 Å². The monoisotopic (exact) mass is 362 g/mol. The third-order valence-electron chi connectivity index (χ3n) is 4.12. The Labute approximate surface area is 158 Å². The maximum absolute atomic E-state index is 12.8. The molecule has 2 amide bonds. The van der Waals surface area contributed by atoms with Crippen LogP contribution < -0.4 is 15.4 Å². The van der Waals surface area contributed by atoms with Crippen LogP contribution in [0.1, 0.15) is 22.8 Å². The van der Waals surface area contributed by atoms with Gasteiger partial charge >= 0.3 is 0 Å². The first-order valence-electron chi connectivity index (χ1n) is 8.92. The van der Waals surface area contributed by atoms with E-state index in [2.05, 4.69) is 10.6 Å². The minimum Gasteiger partial charge on any atom is -0.483 e. The number of amides is 2. The Hall–Kier alpha value is -3.34. The van der Waals surface area contributed by atoms with Crippen LogP contribution in [0, 0.1) is 0 Å². The summed E-state index contributed by atoms with van der Waals surface area (Å²) < 4.78 is 5.66. The van der Waals surface area contributed by atoms with E-state index >= 15 is 0 Å². The fourth-order valence-corrected chi connectivity index (χ4v) is 2.78. The summed E-state index contributed by atoms with van der Waals surface area (Å²) in [5.41, 5.74) is 1.42. The Morgan fingerprint density at radius 3 is 2.26 bits per heavy atom. The molecule has 0 spiro atoms. The highest BCUT2D eigenvalue weighted by Crippen LogP contribution is 2.26. The number of carbonyl (C=O) groups is 2. The van der Waals surface area contributed by atoms with E-state index in [1.54, 1.807) is 12.1 Å². The molecule has 0 aromatic heterocycles. The van der Waals surface area contributed by atoms with Crippen LogP contribution in [0.3, 0.4) is 0 Å². The Morgan fingerprint density at radius 2 is 1.56 bits per heavy atom. The second kappa shape index (κ2) is 8.85. The molecule has 3 aromatic rings. The van der Waals surface area contributed by atoms with Crippen molar-refractivity contribution in [3.8, 4) is 5.75 Å². The second-order valence-electron chi connectivity index (χ2n) is 6.11. The van der Waals surface area contributed by atoms with Crippen molar-refractivity contribution < 1.29 is 14.3 Å². The molecule has 0 unspecified atom stereocenters. The van der Waals surface area contributed by atoms with E-state index in [0.29, 0.717) is 24.4 Å². The van der Waals surface area contributed by atoms with Gasteiger partial charge in [0.1, 0.15) is 5.75 Å². The van der Waals surface area contributed by atoms with Crippen LogP contribution in [0.2, 0.25) is 0 Å². The molecule has 5 heteroatoms. The van der Waals surface area contributed by atoms with Gasteiger partial charge in [-0.2, -0.15) is 0 Å². The Balaban J connectivity index is 1.83. The number of carbonyl (C=O) groups excluding carboxylic acids is 2. The van der Waals surface area contributed by atoms with Crippen molar-refractivity contribution in [3.63, 3.8) is 0 Å². The zero-order valence-electron chi connectivity index (χ0n) is 15.2. The number of fused-ring (bicyclic) bond motifs is 1. The Bertz CT molecular complexity index is 939. The van der Waals surface area contributed by atoms with Crippen molar-refractivity contribution in [1.82, 2.24) is 10.6 Å². The highest BCUT2D eigenvalue weighted by atomic mass is 16.5. The molecule has 0 aliphatic rings. The normalized spacial score (nSPS) is 10.4. The molecule has 0 radical (unpaired) electrons. The Morgan fingerprint density at radius 1 is 0.889 bits per heavy atom. The number of ether oxygens (including phenoxy) is 1. The molecular formula is C22H22N2O3. The maximum atomic E-state index is 12.8. The zero-order chi connectivity index (χ0) is 19.1. The summed E-state index contributed by atoms with van der Waals surface area (Å²) in [5, 5.41) is 7.48. The summed E-state index contributed by atoms with van der Waals surface area (Å²) in [7, 11) is 0. The molecule has 3 aromatic carbocycles. The van der Waals surface area contributed by atoms with E-state index in [4.69, 9.17) is 4.74 Å². The lowest BCUT2D eigenvalue weighted by atomic mass is 10.1. The zero-order valence-corrected chi connectivity index (χ0v) is 15.2. The largest absolute Gasteiger partial charge is 0.483 e. The quantitative estimate of drug-likeness (QED) is 0.678.